The summed E-state index contributed by atoms with van der Waals surface area (Å²) < 4.78 is 0. The molecule has 0 saturated heterocycles. The normalized spacial score (nSPS) is 10.5. The van der Waals surface area contributed by atoms with Crippen LogP contribution in [0.3, 0.4) is 0 Å². The number of halogens is 2. The molecule has 0 aliphatic rings. The summed E-state index contributed by atoms with van der Waals surface area (Å²) in [6.07, 6.45) is 0. The monoisotopic (exact) mass is 400 g/mol. The minimum absolute atomic E-state index is 0.0833. The predicted octanol–water partition coefficient (Wildman–Crippen LogP) is 6.08. The number of aryl methyl sites for hydroxylation is 1. The molecule has 0 atom stereocenters. The van der Waals surface area contributed by atoms with E-state index in [-0.39, 0.29) is 6.54 Å². The van der Waals surface area contributed by atoms with Crippen LogP contribution in [0.25, 0.3) is 0 Å². The van der Waals surface area contributed by atoms with Crippen molar-refractivity contribution in [1.29, 1.82) is 0 Å². The third kappa shape index (κ3) is 4.42. The number of nitrogens with zero attached hydrogens (tertiary/aromatic N) is 1. The quantitative estimate of drug-likeness (QED) is 0.403. The number of nitrogens with one attached hydrogen (secondary N) is 1. The maximum Gasteiger partial charge on any atom is 0.279 e. The lowest BCUT2D eigenvalue weighted by Crippen LogP contribution is -2.27. The molecule has 0 saturated carbocycles. The molecule has 0 aliphatic carbocycles. The Balaban J connectivity index is 1.88. The molecule has 3 aromatic rings. The Labute approximate surface area is 167 Å². The van der Waals surface area contributed by atoms with Crippen LogP contribution in [0.1, 0.15) is 21.5 Å². The van der Waals surface area contributed by atoms with Gasteiger partial charge in [0.2, 0.25) is 0 Å². The molecule has 0 bridgehead atoms. The van der Waals surface area contributed by atoms with Gasteiger partial charge in [0.1, 0.15) is 0 Å². The fourth-order valence-corrected chi connectivity index (χ4v) is 3.12. The molecule has 3 aromatic carbocycles. The molecule has 0 spiro atoms. The summed E-state index contributed by atoms with van der Waals surface area (Å²) in [5, 5.41) is 15.0. The highest BCUT2D eigenvalue weighted by Crippen LogP contribution is 2.36. The van der Waals surface area contributed by atoms with Gasteiger partial charge in [-0.05, 0) is 36.2 Å². The zero-order valence-electron chi connectivity index (χ0n) is 14.6. The second kappa shape index (κ2) is 8.44. The van der Waals surface area contributed by atoms with E-state index in [9.17, 15) is 10.0 Å². The van der Waals surface area contributed by atoms with Gasteiger partial charge in [-0.3, -0.25) is 10.0 Å². The van der Waals surface area contributed by atoms with E-state index in [0.717, 1.165) is 11.1 Å². The number of benzene rings is 3. The predicted molar refractivity (Wildman–Crippen MR) is 109 cm³/mol. The van der Waals surface area contributed by atoms with Crippen LogP contribution in [0.5, 0.6) is 0 Å². The average molecular weight is 401 g/mol. The fourth-order valence-electron chi connectivity index (χ4n) is 2.65. The molecule has 4 nitrogen and oxygen atoms in total. The highest BCUT2D eigenvalue weighted by molar-refractivity contribution is 6.39. The van der Waals surface area contributed by atoms with Gasteiger partial charge in [0.05, 0.1) is 33.5 Å². The van der Waals surface area contributed by atoms with Gasteiger partial charge < -0.3 is 5.32 Å². The van der Waals surface area contributed by atoms with Crippen molar-refractivity contribution in [3.8, 4) is 0 Å². The maximum absolute atomic E-state index is 12.8. The number of amides is 1. The zero-order chi connectivity index (χ0) is 19.4. The third-order valence-corrected chi connectivity index (χ3v) is 4.91. The second-order valence-electron chi connectivity index (χ2n) is 6.07. The number of hydroxylamine groups is 2. The van der Waals surface area contributed by atoms with Crippen LogP contribution in [-0.4, -0.2) is 16.2 Å². The van der Waals surface area contributed by atoms with E-state index in [1.807, 2.05) is 43.3 Å². The topological polar surface area (TPSA) is 52.6 Å². The van der Waals surface area contributed by atoms with Crippen molar-refractivity contribution in [3.05, 3.63) is 93.5 Å². The zero-order valence-corrected chi connectivity index (χ0v) is 16.1. The highest BCUT2D eigenvalue weighted by Gasteiger charge is 2.19. The summed E-state index contributed by atoms with van der Waals surface area (Å²) in [4.78, 5) is 12.8. The third-order valence-electron chi connectivity index (χ3n) is 4.11. The van der Waals surface area contributed by atoms with Gasteiger partial charge in [0.15, 0.2) is 0 Å². The SMILES string of the molecule is Cc1ccc(Cl)c(Nc2ccccc2C(=O)N(O)Cc2ccccc2)c1Cl. The molecule has 27 heavy (non-hydrogen) atoms. The van der Waals surface area contributed by atoms with Crippen LogP contribution in [0.2, 0.25) is 10.0 Å². The molecule has 0 radical (unpaired) electrons. The van der Waals surface area contributed by atoms with Crippen molar-refractivity contribution in [2.75, 3.05) is 5.32 Å². The number of carbonyl (C=O) groups is 1. The Morgan fingerprint density at radius 1 is 1.00 bits per heavy atom. The van der Waals surface area contributed by atoms with Crippen molar-refractivity contribution >= 4 is 40.5 Å². The van der Waals surface area contributed by atoms with Crippen LogP contribution in [-0.2, 0) is 6.54 Å². The first-order chi connectivity index (χ1) is 13.0. The first kappa shape index (κ1) is 19.2. The molecule has 0 aliphatic heterocycles. The maximum atomic E-state index is 12.8. The molecule has 3 rings (SSSR count). The number of carbonyl (C=O) groups excluding carboxylic acids is 1. The summed E-state index contributed by atoms with van der Waals surface area (Å²) in [6, 6.07) is 19.7. The summed E-state index contributed by atoms with van der Waals surface area (Å²) in [6.45, 7) is 1.95. The number of hydrogen-bond acceptors (Lipinski definition) is 3. The van der Waals surface area contributed by atoms with Crippen LogP contribution >= 0.6 is 23.2 Å². The van der Waals surface area contributed by atoms with E-state index in [2.05, 4.69) is 5.32 Å². The summed E-state index contributed by atoms with van der Waals surface area (Å²) >= 11 is 12.6. The summed E-state index contributed by atoms with van der Waals surface area (Å²) in [5.41, 5.74) is 3.02. The van der Waals surface area contributed by atoms with Gasteiger partial charge in [-0.2, -0.15) is 0 Å². The highest BCUT2D eigenvalue weighted by atomic mass is 35.5. The summed E-state index contributed by atoms with van der Waals surface area (Å²) in [7, 11) is 0. The molecule has 0 fully saturated rings. The molecule has 1 amide bonds. The average Bonchev–Trinajstić information content (AvgIpc) is 2.69. The van der Waals surface area contributed by atoms with E-state index >= 15 is 0 Å². The van der Waals surface area contributed by atoms with Gasteiger partial charge in [-0.25, -0.2) is 5.06 Å². The molecule has 138 valence electrons. The Kier molecular flexibility index (Phi) is 6.01. The minimum atomic E-state index is -0.526. The van der Waals surface area contributed by atoms with Crippen LogP contribution in [0, 0.1) is 6.92 Å². The van der Waals surface area contributed by atoms with Crippen molar-refractivity contribution < 1.29 is 10.0 Å². The largest absolute Gasteiger partial charge is 0.352 e. The van der Waals surface area contributed by atoms with E-state index in [0.29, 0.717) is 32.0 Å². The van der Waals surface area contributed by atoms with Gasteiger partial charge >= 0.3 is 0 Å². The van der Waals surface area contributed by atoms with Gasteiger partial charge in [0.25, 0.3) is 5.91 Å². The van der Waals surface area contributed by atoms with E-state index in [4.69, 9.17) is 23.2 Å². The van der Waals surface area contributed by atoms with Gasteiger partial charge in [-0.1, -0.05) is 71.7 Å². The van der Waals surface area contributed by atoms with E-state index in [1.165, 1.54) is 0 Å². The standard InChI is InChI=1S/C21H18Cl2N2O2/c1-14-11-12-17(22)20(19(14)23)24-18-10-6-5-9-16(18)21(26)25(27)13-15-7-3-2-4-8-15/h2-12,24,27H,13H2,1H3. The molecule has 2 N–H and O–H groups in total. The number of hydrogen-bond donors (Lipinski definition) is 2. The second-order valence-corrected chi connectivity index (χ2v) is 6.86. The van der Waals surface area contributed by atoms with Crippen LogP contribution in [0.4, 0.5) is 11.4 Å². The molecular formula is C21H18Cl2N2O2. The van der Waals surface area contributed by atoms with Crippen LogP contribution < -0.4 is 5.32 Å². The molecular weight excluding hydrogens is 383 g/mol. The number of para-hydroxylation sites is 1. The van der Waals surface area contributed by atoms with Gasteiger partial charge in [0, 0.05) is 0 Å². The Bertz CT molecular complexity index is 962. The molecule has 6 heteroatoms. The molecule has 0 aromatic heterocycles. The van der Waals surface area contributed by atoms with Crippen molar-refractivity contribution in [2.45, 2.75) is 13.5 Å². The van der Waals surface area contributed by atoms with Crippen molar-refractivity contribution in [2.24, 2.45) is 0 Å². The lowest BCUT2D eigenvalue weighted by atomic mass is 10.1. The van der Waals surface area contributed by atoms with Gasteiger partial charge in [-0.15, -0.1) is 0 Å². The van der Waals surface area contributed by atoms with E-state index in [1.54, 1.807) is 30.3 Å². The smallest absolute Gasteiger partial charge is 0.279 e. The molecule has 0 heterocycles. The Morgan fingerprint density at radius 3 is 2.41 bits per heavy atom. The fraction of sp³-hybridized carbons (Fsp3) is 0.0952. The first-order valence-electron chi connectivity index (χ1n) is 8.32. The van der Waals surface area contributed by atoms with E-state index < -0.39 is 5.91 Å². The molecule has 0 unspecified atom stereocenters. The number of rotatable bonds is 5. The summed E-state index contributed by atoms with van der Waals surface area (Å²) in [5.74, 6) is -0.526. The number of anilines is 2. The Hall–Kier alpha value is -2.53. The lowest BCUT2D eigenvalue weighted by Gasteiger charge is -2.19. The van der Waals surface area contributed by atoms with Crippen LogP contribution in [0.15, 0.2) is 66.7 Å². The van der Waals surface area contributed by atoms with Crippen molar-refractivity contribution in [1.82, 2.24) is 5.06 Å². The lowest BCUT2D eigenvalue weighted by molar-refractivity contribution is -0.0647. The Morgan fingerprint density at radius 2 is 1.67 bits per heavy atom. The minimum Gasteiger partial charge on any atom is -0.352 e. The first-order valence-corrected chi connectivity index (χ1v) is 9.08. The van der Waals surface area contributed by atoms with Crippen molar-refractivity contribution in [3.63, 3.8) is 0 Å².